The van der Waals surface area contributed by atoms with Crippen molar-refractivity contribution in [1.82, 2.24) is 0 Å². The van der Waals surface area contributed by atoms with Crippen molar-refractivity contribution in [2.45, 2.75) is 13.5 Å². The zero-order valence-corrected chi connectivity index (χ0v) is 13.5. The molecule has 0 saturated carbocycles. The molecule has 1 amide bonds. The molecule has 110 valence electrons. The van der Waals surface area contributed by atoms with Gasteiger partial charge in [0.05, 0.1) is 7.11 Å². The lowest BCUT2D eigenvalue weighted by atomic mass is 10.1. The van der Waals surface area contributed by atoms with E-state index < -0.39 is 6.09 Å². The Balaban J connectivity index is 2.03. The van der Waals surface area contributed by atoms with Crippen LogP contribution in [0.1, 0.15) is 11.1 Å². The Labute approximate surface area is 132 Å². The predicted octanol–water partition coefficient (Wildman–Crippen LogP) is 4.55. The molecule has 21 heavy (non-hydrogen) atoms. The standard InChI is InChI=1S/C16H17BrN2O2/c1-11-6-7-12(15(17)8-11)10-18-13-4-3-5-14(9-13)19-16(20)21-2/h3-9,18H,10H2,1-2H3,(H,19,20). The highest BCUT2D eigenvalue weighted by atomic mass is 79.9. The van der Waals surface area contributed by atoms with Crippen molar-refractivity contribution in [3.8, 4) is 0 Å². The minimum absolute atomic E-state index is 0.478. The maximum absolute atomic E-state index is 11.2. The van der Waals surface area contributed by atoms with Crippen molar-refractivity contribution in [2.75, 3.05) is 17.7 Å². The number of aryl methyl sites for hydroxylation is 1. The molecule has 2 N–H and O–H groups in total. The van der Waals surface area contributed by atoms with Gasteiger partial charge >= 0.3 is 6.09 Å². The molecule has 0 spiro atoms. The van der Waals surface area contributed by atoms with Crippen LogP contribution in [0.5, 0.6) is 0 Å². The van der Waals surface area contributed by atoms with Gasteiger partial charge in [-0.1, -0.05) is 34.1 Å². The molecule has 0 heterocycles. The van der Waals surface area contributed by atoms with E-state index in [0.717, 1.165) is 10.2 Å². The van der Waals surface area contributed by atoms with Crippen molar-refractivity contribution < 1.29 is 9.53 Å². The van der Waals surface area contributed by atoms with Gasteiger partial charge in [-0.15, -0.1) is 0 Å². The van der Waals surface area contributed by atoms with E-state index in [1.807, 2.05) is 24.3 Å². The highest BCUT2D eigenvalue weighted by Crippen LogP contribution is 2.21. The van der Waals surface area contributed by atoms with E-state index in [-0.39, 0.29) is 0 Å². The molecular formula is C16H17BrN2O2. The van der Waals surface area contributed by atoms with Crippen LogP contribution in [-0.4, -0.2) is 13.2 Å². The Morgan fingerprint density at radius 2 is 1.95 bits per heavy atom. The molecule has 0 aliphatic rings. The number of nitrogens with one attached hydrogen (secondary N) is 2. The van der Waals surface area contributed by atoms with Crippen molar-refractivity contribution in [2.24, 2.45) is 0 Å². The molecule has 0 bridgehead atoms. The first-order chi connectivity index (χ1) is 10.1. The SMILES string of the molecule is COC(=O)Nc1cccc(NCc2ccc(C)cc2Br)c1. The van der Waals surface area contributed by atoms with E-state index in [4.69, 9.17) is 0 Å². The third-order valence-electron chi connectivity index (χ3n) is 2.99. The summed E-state index contributed by atoms with van der Waals surface area (Å²) in [5.74, 6) is 0. The molecule has 2 aromatic carbocycles. The number of hydrogen-bond acceptors (Lipinski definition) is 3. The van der Waals surface area contributed by atoms with Crippen LogP contribution >= 0.6 is 15.9 Å². The molecule has 0 unspecified atom stereocenters. The summed E-state index contributed by atoms with van der Waals surface area (Å²) in [6.07, 6.45) is -0.478. The predicted molar refractivity (Wildman–Crippen MR) is 88.7 cm³/mol. The number of amides is 1. The third kappa shape index (κ3) is 4.49. The summed E-state index contributed by atoms with van der Waals surface area (Å²) in [6.45, 7) is 2.76. The number of carbonyl (C=O) groups is 1. The second-order valence-electron chi connectivity index (χ2n) is 4.65. The fraction of sp³-hybridized carbons (Fsp3) is 0.188. The Morgan fingerprint density at radius 1 is 1.19 bits per heavy atom. The number of benzene rings is 2. The first-order valence-electron chi connectivity index (χ1n) is 6.52. The molecule has 0 aliphatic heterocycles. The Hall–Kier alpha value is -2.01. The molecule has 2 rings (SSSR count). The van der Waals surface area contributed by atoms with E-state index in [2.05, 4.69) is 56.4 Å². The van der Waals surface area contributed by atoms with Gasteiger partial charge in [0.2, 0.25) is 0 Å². The van der Waals surface area contributed by atoms with Crippen molar-refractivity contribution in [3.05, 3.63) is 58.1 Å². The van der Waals surface area contributed by atoms with Gasteiger partial charge in [-0.3, -0.25) is 5.32 Å². The molecule has 5 heteroatoms. The number of methoxy groups -OCH3 is 1. The van der Waals surface area contributed by atoms with Crippen LogP contribution in [0.15, 0.2) is 46.9 Å². The van der Waals surface area contributed by atoms with E-state index in [1.165, 1.54) is 18.2 Å². The number of hydrogen-bond donors (Lipinski definition) is 2. The van der Waals surface area contributed by atoms with E-state index >= 15 is 0 Å². The highest BCUT2D eigenvalue weighted by Gasteiger charge is 2.03. The van der Waals surface area contributed by atoms with Gasteiger partial charge in [0.15, 0.2) is 0 Å². The summed E-state index contributed by atoms with van der Waals surface area (Å²) < 4.78 is 5.66. The maximum atomic E-state index is 11.2. The molecule has 0 atom stereocenters. The van der Waals surface area contributed by atoms with Gasteiger partial charge in [-0.2, -0.15) is 0 Å². The van der Waals surface area contributed by atoms with Crippen LogP contribution in [0.4, 0.5) is 16.2 Å². The Bertz CT molecular complexity index is 644. The molecule has 0 aliphatic carbocycles. The second kappa shape index (κ2) is 7.13. The summed E-state index contributed by atoms with van der Waals surface area (Å²) in [6, 6.07) is 13.7. The van der Waals surface area contributed by atoms with Crippen molar-refractivity contribution in [1.29, 1.82) is 0 Å². The molecular weight excluding hydrogens is 332 g/mol. The number of halogens is 1. The van der Waals surface area contributed by atoms with Crippen molar-refractivity contribution >= 4 is 33.4 Å². The zero-order chi connectivity index (χ0) is 15.2. The fourth-order valence-corrected chi connectivity index (χ4v) is 2.50. The van der Waals surface area contributed by atoms with E-state index in [0.29, 0.717) is 12.2 Å². The van der Waals surface area contributed by atoms with Gasteiger partial charge in [0.1, 0.15) is 0 Å². The quantitative estimate of drug-likeness (QED) is 0.852. The van der Waals surface area contributed by atoms with E-state index in [1.54, 1.807) is 0 Å². The van der Waals surface area contributed by atoms with Crippen LogP contribution in [0.25, 0.3) is 0 Å². The molecule has 2 aromatic rings. The summed E-state index contributed by atoms with van der Waals surface area (Å²) >= 11 is 3.56. The lowest BCUT2D eigenvalue weighted by Gasteiger charge is -2.10. The second-order valence-corrected chi connectivity index (χ2v) is 5.50. The van der Waals surface area contributed by atoms with Gasteiger partial charge in [0, 0.05) is 22.4 Å². The molecule has 0 saturated heterocycles. The third-order valence-corrected chi connectivity index (χ3v) is 3.72. The largest absolute Gasteiger partial charge is 0.453 e. The average Bonchev–Trinajstić information content (AvgIpc) is 2.46. The van der Waals surface area contributed by atoms with Gasteiger partial charge < -0.3 is 10.1 Å². The van der Waals surface area contributed by atoms with Crippen LogP contribution in [0, 0.1) is 6.92 Å². The highest BCUT2D eigenvalue weighted by molar-refractivity contribution is 9.10. The molecule has 0 fully saturated rings. The topological polar surface area (TPSA) is 50.4 Å². The lowest BCUT2D eigenvalue weighted by Crippen LogP contribution is -2.11. The number of ether oxygens (including phenoxy) is 1. The van der Waals surface area contributed by atoms with E-state index in [9.17, 15) is 4.79 Å². The lowest BCUT2D eigenvalue weighted by molar-refractivity contribution is 0.187. The molecule has 0 aromatic heterocycles. The van der Waals surface area contributed by atoms with Crippen LogP contribution < -0.4 is 10.6 Å². The van der Waals surface area contributed by atoms with Crippen molar-refractivity contribution in [3.63, 3.8) is 0 Å². The minimum atomic E-state index is -0.478. The number of carbonyl (C=O) groups excluding carboxylic acids is 1. The molecule has 4 nitrogen and oxygen atoms in total. The zero-order valence-electron chi connectivity index (χ0n) is 11.9. The molecule has 0 radical (unpaired) electrons. The summed E-state index contributed by atoms with van der Waals surface area (Å²) in [5, 5.41) is 5.97. The monoisotopic (exact) mass is 348 g/mol. The summed E-state index contributed by atoms with van der Waals surface area (Å²) in [4.78, 5) is 11.2. The van der Waals surface area contributed by atoms with Crippen LogP contribution in [0.3, 0.4) is 0 Å². The summed E-state index contributed by atoms with van der Waals surface area (Å²) in [5.41, 5.74) is 4.01. The first-order valence-corrected chi connectivity index (χ1v) is 7.31. The maximum Gasteiger partial charge on any atom is 0.411 e. The number of anilines is 2. The van der Waals surface area contributed by atoms with Gasteiger partial charge in [-0.25, -0.2) is 4.79 Å². The average molecular weight is 349 g/mol. The Morgan fingerprint density at radius 3 is 2.67 bits per heavy atom. The normalized spacial score (nSPS) is 10.0. The number of rotatable bonds is 4. The van der Waals surface area contributed by atoms with Crippen LogP contribution in [0.2, 0.25) is 0 Å². The Kier molecular flexibility index (Phi) is 5.22. The van der Waals surface area contributed by atoms with Gasteiger partial charge in [-0.05, 0) is 42.3 Å². The fourth-order valence-electron chi connectivity index (χ4n) is 1.87. The van der Waals surface area contributed by atoms with Gasteiger partial charge in [0.25, 0.3) is 0 Å². The minimum Gasteiger partial charge on any atom is -0.453 e. The first kappa shape index (κ1) is 15.4. The summed E-state index contributed by atoms with van der Waals surface area (Å²) in [7, 11) is 1.34. The smallest absolute Gasteiger partial charge is 0.411 e. The van der Waals surface area contributed by atoms with Crippen LogP contribution in [-0.2, 0) is 11.3 Å².